The number of aromatic nitrogens is 2. The second-order valence-electron chi connectivity index (χ2n) is 8.12. The zero-order chi connectivity index (χ0) is 19.8. The Balaban J connectivity index is 1.89. The molecule has 30 heavy (non-hydrogen) atoms. The van der Waals surface area contributed by atoms with Gasteiger partial charge in [0.25, 0.3) is 0 Å². The molecule has 0 aliphatic carbocycles. The van der Waals surface area contributed by atoms with E-state index in [2.05, 4.69) is 102 Å². The van der Waals surface area contributed by atoms with Gasteiger partial charge < -0.3 is 4.40 Å². The Bertz CT molecular complexity index is 1810. The molecule has 0 N–H and O–H groups in total. The van der Waals surface area contributed by atoms with Crippen LogP contribution in [0.1, 0.15) is 5.56 Å². The number of hydrogen-bond donors (Lipinski definition) is 0. The van der Waals surface area contributed by atoms with Gasteiger partial charge in [-0.15, -0.1) is 0 Å². The van der Waals surface area contributed by atoms with Crippen molar-refractivity contribution in [3.63, 3.8) is 0 Å². The van der Waals surface area contributed by atoms with Crippen molar-refractivity contribution in [3.05, 3.63) is 96.6 Å². The average Bonchev–Trinajstić information content (AvgIpc) is 3.10. The topological polar surface area (TPSA) is 17.3 Å². The molecule has 7 rings (SSSR count). The monoisotopic (exact) mass is 382 g/mol. The molecule has 2 nitrogen and oxygen atoms in total. The lowest BCUT2D eigenvalue weighted by Crippen LogP contribution is -1.94. The summed E-state index contributed by atoms with van der Waals surface area (Å²) in [6, 6.07) is 32.6. The van der Waals surface area contributed by atoms with Crippen LogP contribution < -0.4 is 0 Å². The van der Waals surface area contributed by atoms with E-state index in [0.717, 1.165) is 16.6 Å². The Morgan fingerprint density at radius 1 is 0.600 bits per heavy atom. The van der Waals surface area contributed by atoms with Crippen molar-refractivity contribution in [2.24, 2.45) is 0 Å². The van der Waals surface area contributed by atoms with E-state index in [-0.39, 0.29) is 0 Å². The van der Waals surface area contributed by atoms with Crippen molar-refractivity contribution in [2.75, 3.05) is 0 Å². The summed E-state index contributed by atoms with van der Waals surface area (Å²) < 4.78 is 2.41. The van der Waals surface area contributed by atoms with Crippen molar-refractivity contribution in [1.82, 2.24) is 9.38 Å². The van der Waals surface area contributed by atoms with E-state index in [1.807, 2.05) is 0 Å². The van der Waals surface area contributed by atoms with Crippen molar-refractivity contribution < 1.29 is 0 Å². The van der Waals surface area contributed by atoms with Gasteiger partial charge in [0.1, 0.15) is 0 Å². The predicted molar refractivity (Wildman–Crippen MR) is 127 cm³/mol. The molecule has 0 radical (unpaired) electrons. The molecule has 0 amide bonds. The van der Waals surface area contributed by atoms with Crippen LogP contribution in [0, 0.1) is 6.92 Å². The fourth-order valence-corrected chi connectivity index (χ4v) is 5.08. The van der Waals surface area contributed by atoms with Crippen LogP contribution in [0.25, 0.3) is 59.9 Å². The maximum absolute atomic E-state index is 5.16. The SMILES string of the molecule is Cc1c2ccccc2n2c3cc4ccccc4nc3c3cc4ccccc4cc3c12. The smallest absolute Gasteiger partial charge is 0.0957 e. The summed E-state index contributed by atoms with van der Waals surface area (Å²) in [6.45, 7) is 2.24. The molecular formula is C28H18N2. The van der Waals surface area contributed by atoms with E-state index in [4.69, 9.17) is 4.98 Å². The lowest BCUT2D eigenvalue weighted by molar-refractivity contribution is 1.32. The van der Waals surface area contributed by atoms with Gasteiger partial charge in [0.2, 0.25) is 0 Å². The van der Waals surface area contributed by atoms with Crippen molar-refractivity contribution >= 4 is 59.9 Å². The number of rotatable bonds is 0. The Labute approximate surface area is 173 Å². The van der Waals surface area contributed by atoms with Crippen molar-refractivity contribution in [2.45, 2.75) is 6.92 Å². The molecule has 3 heterocycles. The van der Waals surface area contributed by atoms with Gasteiger partial charge in [-0.05, 0) is 53.6 Å². The summed E-state index contributed by atoms with van der Waals surface area (Å²) in [4.78, 5) is 5.16. The van der Waals surface area contributed by atoms with Crippen LogP contribution in [0.4, 0.5) is 0 Å². The first-order chi connectivity index (χ1) is 14.8. The highest BCUT2D eigenvalue weighted by Gasteiger charge is 2.17. The van der Waals surface area contributed by atoms with E-state index in [0.29, 0.717) is 0 Å². The molecule has 3 aromatic heterocycles. The molecule has 0 spiro atoms. The van der Waals surface area contributed by atoms with E-state index < -0.39 is 0 Å². The first kappa shape index (κ1) is 15.9. The van der Waals surface area contributed by atoms with E-state index in [9.17, 15) is 0 Å². The highest BCUT2D eigenvalue weighted by molar-refractivity contribution is 6.20. The fourth-order valence-electron chi connectivity index (χ4n) is 5.08. The summed E-state index contributed by atoms with van der Waals surface area (Å²) in [7, 11) is 0. The van der Waals surface area contributed by atoms with Gasteiger partial charge in [0.05, 0.1) is 27.6 Å². The van der Waals surface area contributed by atoms with Gasteiger partial charge in [-0.3, -0.25) is 0 Å². The summed E-state index contributed by atoms with van der Waals surface area (Å²) >= 11 is 0. The fraction of sp³-hybridized carbons (Fsp3) is 0.0357. The minimum absolute atomic E-state index is 1.03. The number of benzene rings is 4. The minimum Gasteiger partial charge on any atom is -0.307 e. The average molecular weight is 382 g/mol. The van der Waals surface area contributed by atoms with Crippen molar-refractivity contribution in [1.29, 1.82) is 0 Å². The van der Waals surface area contributed by atoms with Gasteiger partial charge in [-0.1, -0.05) is 60.7 Å². The number of hydrogen-bond acceptors (Lipinski definition) is 1. The molecule has 0 saturated heterocycles. The van der Waals surface area contributed by atoms with E-state index >= 15 is 0 Å². The zero-order valence-corrected chi connectivity index (χ0v) is 16.6. The summed E-state index contributed by atoms with van der Waals surface area (Å²) in [6.07, 6.45) is 0. The van der Waals surface area contributed by atoms with Crippen LogP contribution in [-0.2, 0) is 0 Å². The molecule has 0 saturated carbocycles. The molecule has 0 bridgehead atoms. The third-order valence-electron chi connectivity index (χ3n) is 6.47. The van der Waals surface area contributed by atoms with E-state index in [1.54, 1.807) is 0 Å². The molecule has 0 unspecified atom stereocenters. The second-order valence-corrected chi connectivity index (χ2v) is 8.12. The normalized spacial score (nSPS) is 12.2. The molecule has 140 valence electrons. The number of aryl methyl sites for hydroxylation is 1. The highest BCUT2D eigenvalue weighted by Crippen LogP contribution is 2.38. The Morgan fingerprint density at radius 3 is 2.10 bits per heavy atom. The van der Waals surface area contributed by atoms with Gasteiger partial charge >= 0.3 is 0 Å². The standard InChI is InChI=1S/C28H18N2/c1-17-21-11-5-7-13-25(21)30-26-16-20-10-4-6-12-24(20)29-27(26)22-14-18-8-2-3-9-19(18)15-23(22)28(17)30/h2-16H,1H3. The van der Waals surface area contributed by atoms with E-state index in [1.165, 1.54) is 48.9 Å². The maximum atomic E-state index is 5.16. The largest absolute Gasteiger partial charge is 0.307 e. The molecule has 4 aromatic carbocycles. The third kappa shape index (κ3) is 1.95. The van der Waals surface area contributed by atoms with Crippen LogP contribution in [0.3, 0.4) is 0 Å². The summed E-state index contributed by atoms with van der Waals surface area (Å²) in [5.41, 5.74) is 7.09. The maximum Gasteiger partial charge on any atom is 0.0957 e. The molecule has 0 aliphatic rings. The minimum atomic E-state index is 1.03. The van der Waals surface area contributed by atoms with Crippen LogP contribution >= 0.6 is 0 Å². The zero-order valence-electron chi connectivity index (χ0n) is 16.6. The first-order valence-electron chi connectivity index (χ1n) is 10.3. The van der Waals surface area contributed by atoms with Crippen LogP contribution in [0.2, 0.25) is 0 Å². The highest BCUT2D eigenvalue weighted by atomic mass is 14.9. The summed E-state index contributed by atoms with van der Waals surface area (Å²) in [5.74, 6) is 0. The van der Waals surface area contributed by atoms with Crippen LogP contribution in [0.15, 0.2) is 91.0 Å². The van der Waals surface area contributed by atoms with Gasteiger partial charge in [-0.25, -0.2) is 4.98 Å². The molecular weight excluding hydrogens is 364 g/mol. The summed E-state index contributed by atoms with van der Waals surface area (Å²) in [5, 5.41) is 7.45. The Kier molecular flexibility index (Phi) is 2.97. The number of nitrogens with zero attached hydrogens (tertiary/aromatic N) is 2. The van der Waals surface area contributed by atoms with Crippen molar-refractivity contribution in [3.8, 4) is 0 Å². The quantitative estimate of drug-likeness (QED) is 0.197. The van der Waals surface area contributed by atoms with Gasteiger partial charge in [-0.2, -0.15) is 0 Å². The Hall–Kier alpha value is -3.91. The third-order valence-corrected chi connectivity index (χ3v) is 6.47. The van der Waals surface area contributed by atoms with Crippen LogP contribution in [-0.4, -0.2) is 9.38 Å². The lowest BCUT2D eigenvalue weighted by Gasteiger charge is -2.12. The van der Waals surface area contributed by atoms with Crippen LogP contribution in [0.5, 0.6) is 0 Å². The predicted octanol–water partition coefficient (Wildman–Crippen LogP) is 7.41. The number of para-hydroxylation sites is 2. The number of fused-ring (bicyclic) bond motifs is 10. The molecule has 0 aliphatic heterocycles. The molecule has 7 aromatic rings. The second kappa shape index (κ2) is 5.58. The lowest BCUT2D eigenvalue weighted by atomic mass is 10.0. The first-order valence-corrected chi connectivity index (χ1v) is 10.3. The molecule has 2 heteroatoms. The Morgan fingerprint density at radius 2 is 1.27 bits per heavy atom. The van der Waals surface area contributed by atoms with Gasteiger partial charge in [0, 0.05) is 21.5 Å². The molecule has 0 fully saturated rings. The molecule has 0 atom stereocenters. The van der Waals surface area contributed by atoms with Gasteiger partial charge in [0.15, 0.2) is 0 Å². The number of pyridine rings is 2.